The maximum atomic E-state index is 12.7. The zero-order valence-electron chi connectivity index (χ0n) is 17.1. The smallest absolute Gasteiger partial charge is 0.258 e. The minimum absolute atomic E-state index is 0.100. The second-order valence-corrected chi connectivity index (χ2v) is 7.92. The molecule has 2 aromatic heterocycles. The van der Waals surface area contributed by atoms with Crippen molar-refractivity contribution in [2.75, 3.05) is 0 Å². The minimum atomic E-state index is -0.200. The van der Waals surface area contributed by atoms with Gasteiger partial charge in [0.2, 0.25) is 5.91 Å². The number of hydrogen-bond donors (Lipinski definition) is 3. The van der Waals surface area contributed by atoms with Crippen LogP contribution in [-0.4, -0.2) is 25.8 Å². The Bertz CT molecular complexity index is 1210. The van der Waals surface area contributed by atoms with Gasteiger partial charge in [-0.25, -0.2) is 9.97 Å². The lowest BCUT2D eigenvalue weighted by Crippen LogP contribution is -2.30. The van der Waals surface area contributed by atoms with E-state index in [1.54, 1.807) is 18.2 Å². The van der Waals surface area contributed by atoms with E-state index in [1.165, 1.54) is 0 Å². The van der Waals surface area contributed by atoms with Gasteiger partial charge in [0.25, 0.3) is 5.56 Å². The number of aromatic nitrogens is 4. The molecule has 0 saturated heterocycles. The Hall–Kier alpha value is -3.48. The van der Waals surface area contributed by atoms with Crippen molar-refractivity contribution in [2.45, 2.75) is 39.2 Å². The molecule has 4 rings (SSSR count). The van der Waals surface area contributed by atoms with E-state index in [4.69, 9.17) is 0 Å². The number of carbonyl (C=O) groups excluding carboxylic acids is 1. The van der Waals surface area contributed by atoms with E-state index in [-0.39, 0.29) is 23.9 Å². The summed E-state index contributed by atoms with van der Waals surface area (Å²) in [6.45, 7) is 4.23. The van der Waals surface area contributed by atoms with Crippen LogP contribution in [0.2, 0.25) is 0 Å². The summed E-state index contributed by atoms with van der Waals surface area (Å²) in [4.78, 5) is 40.1. The number of fused-ring (bicyclic) bond motifs is 2. The molecular weight excluding hydrogens is 378 g/mol. The number of rotatable bonds is 7. The Kier molecular flexibility index (Phi) is 5.61. The molecule has 154 valence electrons. The maximum Gasteiger partial charge on any atom is 0.258 e. The zero-order valence-corrected chi connectivity index (χ0v) is 17.1. The summed E-state index contributed by atoms with van der Waals surface area (Å²) in [5.74, 6) is 1.56. The van der Waals surface area contributed by atoms with Crippen LogP contribution in [-0.2, 0) is 11.2 Å². The summed E-state index contributed by atoms with van der Waals surface area (Å²) < 4.78 is 0. The SMILES string of the molecule is CC(C)C[C@@H](NC(=O)CCc1nc2ccccc2c(=O)[nH]1)c1nc2ccccc2[nH]1. The quantitative estimate of drug-likeness (QED) is 0.438. The fraction of sp³-hybridized carbons (Fsp3) is 0.304. The highest BCUT2D eigenvalue weighted by Gasteiger charge is 2.20. The van der Waals surface area contributed by atoms with Crippen molar-refractivity contribution in [3.8, 4) is 0 Å². The molecule has 4 aromatic rings. The van der Waals surface area contributed by atoms with Crippen molar-refractivity contribution in [3.63, 3.8) is 0 Å². The normalized spacial score (nSPS) is 12.5. The Labute approximate surface area is 174 Å². The van der Waals surface area contributed by atoms with Gasteiger partial charge in [-0.3, -0.25) is 9.59 Å². The molecular formula is C23H25N5O2. The van der Waals surface area contributed by atoms with Gasteiger partial charge in [-0.2, -0.15) is 0 Å². The van der Waals surface area contributed by atoms with Crippen molar-refractivity contribution in [1.82, 2.24) is 25.3 Å². The first-order valence-corrected chi connectivity index (χ1v) is 10.2. The second kappa shape index (κ2) is 8.49. The van der Waals surface area contributed by atoms with Crippen LogP contribution in [0.1, 0.15) is 44.4 Å². The summed E-state index contributed by atoms with van der Waals surface area (Å²) in [7, 11) is 0. The lowest BCUT2D eigenvalue weighted by atomic mass is 10.0. The molecule has 2 aromatic carbocycles. The van der Waals surface area contributed by atoms with Crippen LogP contribution in [0.5, 0.6) is 0 Å². The molecule has 0 radical (unpaired) electrons. The average molecular weight is 403 g/mol. The number of carbonyl (C=O) groups is 1. The zero-order chi connectivity index (χ0) is 21.1. The van der Waals surface area contributed by atoms with Crippen molar-refractivity contribution in [3.05, 3.63) is 70.5 Å². The number of aromatic amines is 2. The highest BCUT2D eigenvalue weighted by atomic mass is 16.1. The third kappa shape index (κ3) is 4.40. The van der Waals surface area contributed by atoms with Crippen LogP contribution in [0.15, 0.2) is 53.3 Å². The molecule has 0 bridgehead atoms. The summed E-state index contributed by atoms with van der Waals surface area (Å²) in [5, 5.41) is 3.64. The van der Waals surface area contributed by atoms with Gasteiger partial charge in [0, 0.05) is 12.8 Å². The molecule has 0 aliphatic heterocycles. The number of nitrogens with one attached hydrogen (secondary N) is 3. The predicted molar refractivity (Wildman–Crippen MR) is 117 cm³/mol. The first-order valence-electron chi connectivity index (χ1n) is 10.2. The second-order valence-electron chi connectivity index (χ2n) is 7.92. The molecule has 30 heavy (non-hydrogen) atoms. The Morgan fingerprint density at radius 3 is 2.50 bits per heavy atom. The molecule has 0 aliphatic carbocycles. The lowest BCUT2D eigenvalue weighted by Gasteiger charge is -2.18. The average Bonchev–Trinajstić information content (AvgIpc) is 3.16. The van der Waals surface area contributed by atoms with Crippen LogP contribution in [0.25, 0.3) is 21.9 Å². The molecule has 1 atom stereocenters. The third-order valence-corrected chi connectivity index (χ3v) is 5.03. The summed E-state index contributed by atoms with van der Waals surface area (Å²) in [6, 6.07) is 14.8. The fourth-order valence-electron chi connectivity index (χ4n) is 3.60. The summed E-state index contributed by atoms with van der Waals surface area (Å²) in [6.07, 6.45) is 1.37. The molecule has 1 amide bonds. The van der Waals surface area contributed by atoms with Gasteiger partial charge < -0.3 is 15.3 Å². The van der Waals surface area contributed by atoms with Crippen molar-refractivity contribution < 1.29 is 4.79 Å². The van der Waals surface area contributed by atoms with Gasteiger partial charge in [-0.15, -0.1) is 0 Å². The molecule has 0 fully saturated rings. The maximum absolute atomic E-state index is 12.7. The van der Waals surface area contributed by atoms with Crippen LogP contribution in [0.3, 0.4) is 0 Å². The molecule has 3 N–H and O–H groups in total. The summed E-state index contributed by atoms with van der Waals surface area (Å²) >= 11 is 0. The minimum Gasteiger partial charge on any atom is -0.346 e. The van der Waals surface area contributed by atoms with Gasteiger partial charge >= 0.3 is 0 Å². The Balaban J connectivity index is 1.47. The molecule has 2 heterocycles. The molecule has 0 aliphatic rings. The van der Waals surface area contributed by atoms with Gasteiger partial charge in [0.05, 0.1) is 28.0 Å². The van der Waals surface area contributed by atoms with E-state index in [1.807, 2.05) is 30.3 Å². The topological polar surface area (TPSA) is 104 Å². The highest BCUT2D eigenvalue weighted by Crippen LogP contribution is 2.22. The Morgan fingerprint density at radius 1 is 1.00 bits per heavy atom. The molecule has 0 spiro atoms. The number of H-pyrrole nitrogens is 2. The van der Waals surface area contributed by atoms with Crippen LogP contribution < -0.4 is 10.9 Å². The summed E-state index contributed by atoms with van der Waals surface area (Å²) in [5.41, 5.74) is 2.29. The first kappa shape index (κ1) is 19.8. The number of aryl methyl sites for hydroxylation is 1. The number of nitrogens with zero attached hydrogens (tertiary/aromatic N) is 2. The van der Waals surface area contributed by atoms with E-state index in [2.05, 4.69) is 39.1 Å². The Morgan fingerprint density at radius 2 is 1.73 bits per heavy atom. The largest absolute Gasteiger partial charge is 0.346 e. The number of imidazole rings is 1. The number of amides is 1. The van der Waals surface area contributed by atoms with E-state index in [0.29, 0.717) is 29.1 Å². The van der Waals surface area contributed by atoms with Crippen molar-refractivity contribution >= 4 is 27.8 Å². The van der Waals surface area contributed by atoms with E-state index in [0.717, 1.165) is 23.3 Å². The molecule has 7 nitrogen and oxygen atoms in total. The number of para-hydroxylation sites is 3. The third-order valence-electron chi connectivity index (χ3n) is 5.03. The lowest BCUT2D eigenvalue weighted by molar-refractivity contribution is -0.122. The predicted octanol–water partition coefficient (Wildman–Crippen LogP) is 3.64. The monoisotopic (exact) mass is 403 g/mol. The van der Waals surface area contributed by atoms with Gasteiger partial charge in [0.1, 0.15) is 11.6 Å². The first-order chi connectivity index (χ1) is 14.5. The van der Waals surface area contributed by atoms with Gasteiger partial charge in [-0.05, 0) is 36.6 Å². The van der Waals surface area contributed by atoms with E-state index in [9.17, 15) is 9.59 Å². The standard InChI is InChI=1S/C23H25N5O2/c1-14(2)13-19(22-26-17-9-5-6-10-18(17)27-22)25-21(29)12-11-20-24-16-8-4-3-7-15(16)23(30)28-20/h3-10,14,19H,11-13H2,1-2H3,(H,25,29)(H,26,27)(H,24,28,30)/t19-/m1/s1. The van der Waals surface area contributed by atoms with Crippen molar-refractivity contribution in [2.24, 2.45) is 5.92 Å². The van der Waals surface area contributed by atoms with Gasteiger partial charge in [0.15, 0.2) is 0 Å². The van der Waals surface area contributed by atoms with E-state index >= 15 is 0 Å². The molecule has 0 saturated carbocycles. The number of benzene rings is 2. The van der Waals surface area contributed by atoms with E-state index < -0.39 is 0 Å². The molecule has 0 unspecified atom stereocenters. The van der Waals surface area contributed by atoms with Crippen LogP contribution >= 0.6 is 0 Å². The van der Waals surface area contributed by atoms with Crippen LogP contribution in [0, 0.1) is 5.92 Å². The number of hydrogen-bond acceptors (Lipinski definition) is 4. The van der Waals surface area contributed by atoms with Crippen molar-refractivity contribution in [1.29, 1.82) is 0 Å². The highest BCUT2D eigenvalue weighted by molar-refractivity contribution is 5.78. The van der Waals surface area contributed by atoms with Gasteiger partial charge in [-0.1, -0.05) is 38.1 Å². The van der Waals surface area contributed by atoms with Crippen LogP contribution in [0.4, 0.5) is 0 Å². The fourth-order valence-corrected chi connectivity index (χ4v) is 3.60. The molecule has 7 heteroatoms.